The number of hydrogen-bond donors (Lipinski definition) is 3. The predicted molar refractivity (Wildman–Crippen MR) is 108 cm³/mol. The lowest BCUT2D eigenvalue weighted by molar-refractivity contribution is 0.228. The molecule has 1 unspecified atom stereocenters. The van der Waals surface area contributed by atoms with E-state index >= 15 is 0 Å². The maximum absolute atomic E-state index is 12.1. The van der Waals surface area contributed by atoms with E-state index in [1.54, 1.807) is 32.4 Å². The fraction of sp³-hybridized carbons (Fsp3) is 0.211. The van der Waals surface area contributed by atoms with Crippen LogP contribution in [0.4, 0.5) is 10.5 Å². The minimum Gasteiger partial charge on any atom is -0.493 e. The van der Waals surface area contributed by atoms with Crippen LogP contribution >= 0.6 is 22.7 Å². The number of thiophene rings is 2. The number of methoxy groups -OCH3 is 2. The minimum absolute atomic E-state index is 0.323. The van der Waals surface area contributed by atoms with Crippen molar-refractivity contribution in [3.05, 3.63) is 62.5 Å². The van der Waals surface area contributed by atoms with Crippen molar-refractivity contribution in [2.45, 2.75) is 12.6 Å². The molecule has 0 saturated carbocycles. The largest absolute Gasteiger partial charge is 0.493 e. The number of rotatable bonds is 7. The smallest absolute Gasteiger partial charge is 0.319 e. The Morgan fingerprint density at radius 1 is 1.11 bits per heavy atom. The van der Waals surface area contributed by atoms with Gasteiger partial charge in [-0.1, -0.05) is 6.07 Å². The molecule has 0 bridgehead atoms. The standard InChI is InChI=1S/C19H20N2O4S2/c1-24-14-7-5-12(10-15(14)25-2)21-19(23)20-11-13-6-8-17(27-13)18(22)16-4-3-9-26-16/h3-10,18,22H,11H2,1-2H3,(H2,20,21,23). The minimum atomic E-state index is -0.621. The molecule has 2 amide bonds. The lowest BCUT2D eigenvalue weighted by Gasteiger charge is -2.11. The Labute approximate surface area is 165 Å². The molecule has 1 atom stereocenters. The van der Waals surface area contributed by atoms with Gasteiger partial charge < -0.3 is 25.2 Å². The second-order valence-corrected chi connectivity index (χ2v) is 7.78. The number of aliphatic hydroxyl groups is 1. The zero-order valence-electron chi connectivity index (χ0n) is 14.9. The summed E-state index contributed by atoms with van der Waals surface area (Å²) in [5.41, 5.74) is 0.602. The SMILES string of the molecule is COc1ccc(NC(=O)NCc2ccc(C(O)c3cccs3)s2)cc1OC. The summed E-state index contributed by atoms with van der Waals surface area (Å²) in [7, 11) is 3.10. The molecule has 0 spiro atoms. The number of nitrogens with one attached hydrogen (secondary N) is 2. The quantitative estimate of drug-likeness (QED) is 0.551. The molecule has 0 radical (unpaired) electrons. The lowest BCUT2D eigenvalue weighted by atomic mass is 10.2. The molecule has 3 rings (SSSR count). The van der Waals surface area contributed by atoms with Gasteiger partial charge in [-0.05, 0) is 35.7 Å². The first-order chi connectivity index (χ1) is 13.1. The van der Waals surface area contributed by atoms with Gasteiger partial charge in [-0.3, -0.25) is 0 Å². The van der Waals surface area contributed by atoms with E-state index in [1.165, 1.54) is 22.7 Å². The monoisotopic (exact) mass is 404 g/mol. The molecule has 3 aromatic rings. The van der Waals surface area contributed by atoms with Crippen LogP contribution in [0, 0.1) is 0 Å². The third kappa shape index (κ3) is 4.79. The Bertz CT molecular complexity index is 893. The Balaban J connectivity index is 1.55. The molecule has 0 aliphatic heterocycles. The van der Waals surface area contributed by atoms with E-state index in [2.05, 4.69) is 10.6 Å². The summed E-state index contributed by atoms with van der Waals surface area (Å²) in [5.74, 6) is 1.14. The lowest BCUT2D eigenvalue weighted by Crippen LogP contribution is -2.27. The zero-order valence-corrected chi connectivity index (χ0v) is 16.5. The number of anilines is 1. The number of carbonyl (C=O) groups excluding carboxylic acids is 1. The van der Waals surface area contributed by atoms with Gasteiger partial charge in [0.25, 0.3) is 0 Å². The van der Waals surface area contributed by atoms with E-state index in [1.807, 2.05) is 29.6 Å². The number of aliphatic hydroxyl groups excluding tert-OH is 1. The van der Waals surface area contributed by atoms with Gasteiger partial charge in [0.1, 0.15) is 6.10 Å². The van der Waals surface area contributed by atoms with E-state index in [9.17, 15) is 9.90 Å². The number of ether oxygens (including phenoxy) is 2. The highest BCUT2D eigenvalue weighted by molar-refractivity contribution is 7.12. The summed E-state index contributed by atoms with van der Waals surface area (Å²) >= 11 is 2.99. The maximum atomic E-state index is 12.1. The van der Waals surface area contributed by atoms with Crippen LogP contribution in [0.15, 0.2) is 47.8 Å². The van der Waals surface area contributed by atoms with Gasteiger partial charge in [-0.15, -0.1) is 22.7 Å². The molecular weight excluding hydrogens is 384 g/mol. The van der Waals surface area contributed by atoms with Crippen molar-refractivity contribution < 1.29 is 19.4 Å². The van der Waals surface area contributed by atoms with Crippen molar-refractivity contribution in [1.29, 1.82) is 0 Å². The van der Waals surface area contributed by atoms with Crippen LogP contribution < -0.4 is 20.1 Å². The Morgan fingerprint density at radius 3 is 2.63 bits per heavy atom. The average Bonchev–Trinajstić information content (AvgIpc) is 3.37. The number of urea groups is 1. The van der Waals surface area contributed by atoms with Gasteiger partial charge in [0.2, 0.25) is 0 Å². The van der Waals surface area contributed by atoms with Crippen LogP contribution in [-0.4, -0.2) is 25.4 Å². The molecule has 27 heavy (non-hydrogen) atoms. The first-order valence-electron chi connectivity index (χ1n) is 8.17. The number of benzene rings is 1. The van der Waals surface area contributed by atoms with Crippen molar-refractivity contribution in [2.24, 2.45) is 0 Å². The second kappa shape index (κ2) is 8.90. The molecule has 3 N–H and O–H groups in total. The van der Waals surface area contributed by atoms with Gasteiger partial charge in [-0.25, -0.2) is 4.79 Å². The number of amides is 2. The molecule has 0 saturated heterocycles. The molecule has 1 aromatic carbocycles. The van der Waals surface area contributed by atoms with Crippen molar-refractivity contribution in [3.8, 4) is 11.5 Å². The molecule has 8 heteroatoms. The van der Waals surface area contributed by atoms with Crippen molar-refractivity contribution in [1.82, 2.24) is 5.32 Å². The fourth-order valence-electron chi connectivity index (χ4n) is 2.48. The van der Waals surface area contributed by atoms with Crippen LogP contribution in [0.25, 0.3) is 0 Å². The Kier molecular flexibility index (Phi) is 6.33. The molecule has 2 heterocycles. The van der Waals surface area contributed by atoms with E-state index in [0.29, 0.717) is 23.7 Å². The van der Waals surface area contributed by atoms with Crippen LogP contribution in [0.1, 0.15) is 20.7 Å². The first kappa shape index (κ1) is 19.2. The Hall–Kier alpha value is -2.55. The van der Waals surface area contributed by atoms with E-state index in [-0.39, 0.29) is 6.03 Å². The van der Waals surface area contributed by atoms with Gasteiger partial charge in [-0.2, -0.15) is 0 Å². The zero-order chi connectivity index (χ0) is 19.2. The van der Waals surface area contributed by atoms with E-state index < -0.39 is 6.10 Å². The van der Waals surface area contributed by atoms with Crippen LogP contribution in [-0.2, 0) is 6.54 Å². The summed E-state index contributed by atoms with van der Waals surface area (Å²) in [6.45, 7) is 0.376. The normalized spacial score (nSPS) is 11.7. The molecular formula is C19H20N2O4S2. The average molecular weight is 405 g/mol. The van der Waals surface area contributed by atoms with Gasteiger partial charge in [0, 0.05) is 26.4 Å². The molecule has 0 fully saturated rings. The summed E-state index contributed by atoms with van der Waals surface area (Å²) in [6.07, 6.45) is -0.621. The molecule has 6 nitrogen and oxygen atoms in total. The van der Waals surface area contributed by atoms with E-state index in [0.717, 1.165) is 14.6 Å². The van der Waals surface area contributed by atoms with Crippen LogP contribution in [0.2, 0.25) is 0 Å². The van der Waals surface area contributed by atoms with Gasteiger partial charge >= 0.3 is 6.03 Å². The Morgan fingerprint density at radius 2 is 1.93 bits per heavy atom. The molecule has 0 aliphatic carbocycles. The third-order valence-electron chi connectivity index (χ3n) is 3.83. The molecule has 0 aliphatic rings. The highest BCUT2D eigenvalue weighted by Gasteiger charge is 2.14. The first-order valence-corrected chi connectivity index (χ1v) is 9.87. The summed E-state index contributed by atoms with van der Waals surface area (Å²) in [6, 6.07) is 12.5. The highest BCUT2D eigenvalue weighted by Crippen LogP contribution is 2.31. The molecule has 2 aromatic heterocycles. The summed E-state index contributed by atoms with van der Waals surface area (Å²) in [4.78, 5) is 14.9. The van der Waals surface area contributed by atoms with Crippen molar-refractivity contribution in [3.63, 3.8) is 0 Å². The molecule has 142 valence electrons. The van der Waals surface area contributed by atoms with Crippen LogP contribution in [0.5, 0.6) is 11.5 Å². The number of carbonyl (C=O) groups is 1. The van der Waals surface area contributed by atoms with Gasteiger partial charge in [0.15, 0.2) is 11.5 Å². The van der Waals surface area contributed by atoms with Crippen molar-refractivity contribution in [2.75, 3.05) is 19.5 Å². The van der Waals surface area contributed by atoms with Crippen molar-refractivity contribution >= 4 is 34.4 Å². The van der Waals surface area contributed by atoms with Crippen LogP contribution in [0.3, 0.4) is 0 Å². The predicted octanol–water partition coefficient (Wildman–Crippen LogP) is 4.23. The topological polar surface area (TPSA) is 79.8 Å². The maximum Gasteiger partial charge on any atom is 0.319 e. The second-order valence-electron chi connectivity index (χ2n) is 5.60. The fourth-order valence-corrected chi connectivity index (χ4v) is 4.24. The summed E-state index contributed by atoms with van der Waals surface area (Å²) in [5, 5.41) is 17.9. The third-order valence-corrected chi connectivity index (χ3v) is 5.89. The number of hydrogen-bond acceptors (Lipinski definition) is 6. The summed E-state index contributed by atoms with van der Waals surface area (Å²) < 4.78 is 10.4. The van der Waals surface area contributed by atoms with Gasteiger partial charge in [0.05, 0.1) is 20.8 Å². The van der Waals surface area contributed by atoms with E-state index in [4.69, 9.17) is 9.47 Å². The highest BCUT2D eigenvalue weighted by atomic mass is 32.1.